The van der Waals surface area contributed by atoms with Crippen LogP contribution >= 0.6 is 15.9 Å². The van der Waals surface area contributed by atoms with Crippen molar-refractivity contribution in [3.63, 3.8) is 0 Å². The van der Waals surface area contributed by atoms with E-state index in [1.54, 1.807) is 0 Å². The summed E-state index contributed by atoms with van der Waals surface area (Å²) in [5.74, 6) is 1.06. The lowest BCUT2D eigenvalue weighted by Gasteiger charge is -2.17. The summed E-state index contributed by atoms with van der Waals surface area (Å²) in [6, 6.07) is 8.48. The van der Waals surface area contributed by atoms with Crippen LogP contribution in [0.15, 0.2) is 28.7 Å². The van der Waals surface area contributed by atoms with Gasteiger partial charge in [0.1, 0.15) is 5.82 Å². The molecule has 0 radical (unpaired) electrons. The van der Waals surface area contributed by atoms with Gasteiger partial charge in [-0.3, -0.25) is 0 Å². The molecule has 0 unspecified atom stereocenters. The van der Waals surface area contributed by atoms with E-state index in [-0.39, 0.29) is 0 Å². The molecule has 0 amide bonds. The maximum atomic E-state index is 4.64. The van der Waals surface area contributed by atoms with Gasteiger partial charge in [0.2, 0.25) is 0 Å². The summed E-state index contributed by atoms with van der Waals surface area (Å²) in [7, 11) is 0. The highest BCUT2D eigenvalue weighted by Gasteiger charge is 2.10. The Kier molecular flexibility index (Phi) is 4.59. The zero-order valence-electron chi connectivity index (χ0n) is 11.0. The van der Waals surface area contributed by atoms with Crippen LogP contribution in [0.3, 0.4) is 0 Å². The summed E-state index contributed by atoms with van der Waals surface area (Å²) in [6.07, 6.45) is 3.60. The Balaban J connectivity index is 0.000000367. The van der Waals surface area contributed by atoms with E-state index in [0.717, 1.165) is 28.8 Å². The van der Waals surface area contributed by atoms with Gasteiger partial charge in [-0.25, -0.2) is 4.98 Å². The van der Waals surface area contributed by atoms with Gasteiger partial charge in [0.05, 0.1) is 5.52 Å². The van der Waals surface area contributed by atoms with Crippen LogP contribution in [0.1, 0.15) is 32.3 Å². The summed E-state index contributed by atoms with van der Waals surface area (Å²) >= 11 is 3.47. The van der Waals surface area contributed by atoms with Crippen molar-refractivity contribution < 1.29 is 0 Å². The molecule has 0 aliphatic carbocycles. The number of halogens is 1. The van der Waals surface area contributed by atoms with Crippen molar-refractivity contribution in [2.75, 3.05) is 11.9 Å². The molecule has 18 heavy (non-hydrogen) atoms. The Bertz CT molecular complexity index is 537. The number of anilines is 1. The first-order valence-electron chi connectivity index (χ1n) is 6.57. The van der Waals surface area contributed by atoms with E-state index in [1.807, 2.05) is 0 Å². The molecule has 1 aliphatic rings. The van der Waals surface area contributed by atoms with Crippen LogP contribution < -0.4 is 5.32 Å². The molecule has 1 aromatic carbocycles. The van der Waals surface area contributed by atoms with Crippen LogP contribution in [0.25, 0.3) is 10.9 Å². The van der Waals surface area contributed by atoms with Crippen molar-refractivity contribution in [3.8, 4) is 0 Å². The molecule has 0 fully saturated rings. The smallest absolute Gasteiger partial charge is 0.129 e. The molecule has 0 saturated heterocycles. The van der Waals surface area contributed by atoms with Gasteiger partial charge in [0, 0.05) is 16.4 Å². The van der Waals surface area contributed by atoms with Crippen molar-refractivity contribution >= 4 is 32.7 Å². The molecule has 1 aromatic heterocycles. The number of benzene rings is 1. The predicted octanol–water partition coefficient (Wildman–Crippen LogP) is 4.77. The molecule has 0 atom stereocenters. The van der Waals surface area contributed by atoms with Crippen LogP contribution in [-0.4, -0.2) is 11.5 Å². The van der Waals surface area contributed by atoms with E-state index < -0.39 is 0 Å². The quantitative estimate of drug-likeness (QED) is 0.758. The standard InChI is InChI=1S/C12H11BrN2.C3H8/c13-10-4-3-8-6-9-2-1-5-14-12(9)15-11(8)7-10;1-3-2/h3-4,6-7H,1-2,5H2,(H,14,15);3H2,1-2H3. The number of pyridine rings is 1. The SMILES string of the molecule is Brc1ccc2cc3c(nc2c1)NCCC3.CCC. The van der Waals surface area contributed by atoms with Gasteiger partial charge < -0.3 is 5.32 Å². The van der Waals surface area contributed by atoms with E-state index in [4.69, 9.17) is 0 Å². The molecule has 0 saturated carbocycles. The number of nitrogens with zero attached hydrogens (tertiary/aromatic N) is 1. The second-order valence-electron chi connectivity index (χ2n) is 4.57. The number of aromatic nitrogens is 1. The van der Waals surface area contributed by atoms with Crippen molar-refractivity contribution in [1.29, 1.82) is 0 Å². The third kappa shape index (κ3) is 3.02. The fourth-order valence-corrected chi connectivity index (χ4v) is 2.36. The molecule has 3 rings (SSSR count). The molecule has 0 spiro atoms. The van der Waals surface area contributed by atoms with Crippen LogP contribution in [0.4, 0.5) is 5.82 Å². The van der Waals surface area contributed by atoms with Crippen LogP contribution in [0.2, 0.25) is 0 Å². The summed E-state index contributed by atoms with van der Waals surface area (Å²) in [4.78, 5) is 4.64. The lowest BCUT2D eigenvalue weighted by atomic mass is 10.0. The third-order valence-electron chi connectivity index (χ3n) is 2.77. The number of nitrogens with one attached hydrogen (secondary N) is 1. The first-order valence-corrected chi connectivity index (χ1v) is 7.37. The predicted molar refractivity (Wildman–Crippen MR) is 82.2 cm³/mol. The molecule has 3 heteroatoms. The summed E-state index contributed by atoms with van der Waals surface area (Å²) < 4.78 is 1.08. The van der Waals surface area contributed by atoms with Crippen LogP contribution in [0, 0.1) is 0 Å². The highest BCUT2D eigenvalue weighted by Crippen LogP contribution is 2.26. The Morgan fingerprint density at radius 1 is 1.28 bits per heavy atom. The molecule has 1 N–H and O–H groups in total. The number of aryl methyl sites for hydroxylation is 1. The van der Waals surface area contributed by atoms with Gasteiger partial charge in [-0.15, -0.1) is 0 Å². The maximum Gasteiger partial charge on any atom is 0.129 e. The second kappa shape index (κ2) is 6.19. The molecule has 2 nitrogen and oxygen atoms in total. The average Bonchev–Trinajstić information content (AvgIpc) is 2.37. The van der Waals surface area contributed by atoms with Gasteiger partial charge in [-0.2, -0.15) is 0 Å². The average molecular weight is 307 g/mol. The van der Waals surface area contributed by atoms with Crippen molar-refractivity contribution in [2.24, 2.45) is 0 Å². The van der Waals surface area contributed by atoms with E-state index in [9.17, 15) is 0 Å². The Labute approximate surface area is 117 Å². The van der Waals surface area contributed by atoms with Crippen molar-refractivity contribution in [3.05, 3.63) is 34.3 Å². The van der Waals surface area contributed by atoms with Gasteiger partial charge in [0.15, 0.2) is 0 Å². The summed E-state index contributed by atoms with van der Waals surface area (Å²) in [5, 5.41) is 4.57. The van der Waals surface area contributed by atoms with Gasteiger partial charge in [-0.1, -0.05) is 42.3 Å². The summed E-state index contributed by atoms with van der Waals surface area (Å²) in [6.45, 7) is 5.29. The van der Waals surface area contributed by atoms with E-state index in [2.05, 4.69) is 64.3 Å². The van der Waals surface area contributed by atoms with E-state index in [1.165, 1.54) is 23.8 Å². The minimum absolute atomic E-state index is 1.04. The molecule has 0 bridgehead atoms. The minimum atomic E-state index is 1.04. The molecule has 2 aromatic rings. The Morgan fingerprint density at radius 2 is 2.06 bits per heavy atom. The highest BCUT2D eigenvalue weighted by molar-refractivity contribution is 9.10. The fourth-order valence-electron chi connectivity index (χ4n) is 2.01. The van der Waals surface area contributed by atoms with Crippen LogP contribution in [-0.2, 0) is 6.42 Å². The van der Waals surface area contributed by atoms with Crippen molar-refractivity contribution in [2.45, 2.75) is 33.1 Å². The molecule has 2 heterocycles. The van der Waals surface area contributed by atoms with Gasteiger partial charge >= 0.3 is 0 Å². The topological polar surface area (TPSA) is 24.9 Å². The van der Waals surface area contributed by atoms with E-state index in [0.29, 0.717) is 0 Å². The molecular formula is C15H19BrN2. The number of rotatable bonds is 0. The minimum Gasteiger partial charge on any atom is -0.370 e. The first-order chi connectivity index (χ1) is 8.74. The third-order valence-corrected chi connectivity index (χ3v) is 3.27. The fraction of sp³-hybridized carbons (Fsp3) is 0.400. The second-order valence-corrected chi connectivity index (χ2v) is 5.49. The van der Waals surface area contributed by atoms with Gasteiger partial charge in [0.25, 0.3) is 0 Å². The highest BCUT2D eigenvalue weighted by atomic mass is 79.9. The van der Waals surface area contributed by atoms with Crippen LogP contribution in [0.5, 0.6) is 0 Å². The Hall–Kier alpha value is -1.09. The molecule has 96 valence electrons. The monoisotopic (exact) mass is 306 g/mol. The lowest BCUT2D eigenvalue weighted by molar-refractivity contribution is 0.821. The number of fused-ring (bicyclic) bond motifs is 2. The number of hydrogen-bond acceptors (Lipinski definition) is 2. The first kappa shape index (κ1) is 13.3. The van der Waals surface area contributed by atoms with Crippen molar-refractivity contribution in [1.82, 2.24) is 4.98 Å². The zero-order chi connectivity index (χ0) is 13.0. The zero-order valence-corrected chi connectivity index (χ0v) is 12.5. The normalized spacial score (nSPS) is 13.3. The summed E-state index contributed by atoms with van der Waals surface area (Å²) in [5.41, 5.74) is 2.40. The molecular weight excluding hydrogens is 288 g/mol. The largest absolute Gasteiger partial charge is 0.370 e. The Morgan fingerprint density at radius 3 is 2.83 bits per heavy atom. The lowest BCUT2D eigenvalue weighted by Crippen LogP contribution is -2.13. The molecule has 1 aliphatic heterocycles. The maximum absolute atomic E-state index is 4.64. The van der Waals surface area contributed by atoms with Gasteiger partial charge in [-0.05, 0) is 36.6 Å². The number of hydrogen-bond donors (Lipinski definition) is 1. The van der Waals surface area contributed by atoms with E-state index >= 15 is 0 Å².